The lowest BCUT2D eigenvalue weighted by Crippen LogP contribution is -2.24. The lowest BCUT2D eigenvalue weighted by Gasteiger charge is -2.20. The molecule has 3 nitrogen and oxygen atoms in total. The van der Waals surface area contributed by atoms with Crippen molar-refractivity contribution in [1.82, 2.24) is 0 Å². The van der Waals surface area contributed by atoms with Crippen LogP contribution in [0.3, 0.4) is 0 Å². The van der Waals surface area contributed by atoms with Crippen LogP contribution in [0.4, 0.5) is 4.79 Å². The highest BCUT2D eigenvalue weighted by Gasteiger charge is 2.15. The maximum Gasteiger partial charge on any atom is 0.404 e. The monoisotopic (exact) mass is 142 g/mol. The summed E-state index contributed by atoms with van der Waals surface area (Å²) in [5.41, 5.74) is 4.85. The third-order valence-electron chi connectivity index (χ3n) is 1.67. The molecular weight excluding hydrogens is 130 g/mol. The zero-order valence-corrected chi connectivity index (χ0v) is 5.88. The summed E-state index contributed by atoms with van der Waals surface area (Å²) in [6.07, 6.45) is 5.58. The molecule has 1 fully saturated rings. The third kappa shape index (κ3) is 2.25. The highest BCUT2D eigenvalue weighted by molar-refractivity contribution is 5.64. The van der Waals surface area contributed by atoms with Gasteiger partial charge in [-0.1, -0.05) is 0 Å². The van der Waals surface area contributed by atoms with Crippen molar-refractivity contribution >= 4 is 6.09 Å². The third-order valence-corrected chi connectivity index (χ3v) is 1.67. The molecule has 0 aromatic carbocycles. The van der Waals surface area contributed by atoms with Gasteiger partial charge in [-0.2, -0.15) is 0 Å². The van der Waals surface area contributed by atoms with Crippen LogP contribution in [-0.4, -0.2) is 12.2 Å². The number of carbonyl (C=O) groups excluding carboxylic acids is 1. The van der Waals surface area contributed by atoms with Crippen LogP contribution in [-0.2, 0) is 4.74 Å². The van der Waals surface area contributed by atoms with Gasteiger partial charge in [0.15, 0.2) is 0 Å². The molecule has 3 heteroatoms. The van der Waals surface area contributed by atoms with Crippen LogP contribution in [0.1, 0.15) is 25.7 Å². The Bertz CT molecular complexity index is 119. The number of amides is 1. The van der Waals surface area contributed by atoms with Gasteiger partial charge in [0.25, 0.3) is 0 Å². The van der Waals surface area contributed by atoms with Gasteiger partial charge in [-0.3, -0.25) is 0 Å². The largest absolute Gasteiger partial charge is 0.446 e. The van der Waals surface area contributed by atoms with Gasteiger partial charge in [-0.15, -0.1) is 0 Å². The minimum Gasteiger partial charge on any atom is -0.446 e. The molecule has 0 aliphatic heterocycles. The number of nitrogens with two attached hydrogens (primary N) is 1. The van der Waals surface area contributed by atoms with E-state index < -0.39 is 6.09 Å². The Kier molecular flexibility index (Phi) is 2.54. The van der Waals surface area contributed by atoms with Crippen molar-refractivity contribution in [3.05, 3.63) is 6.42 Å². The summed E-state index contributed by atoms with van der Waals surface area (Å²) in [5.74, 6) is 0. The topological polar surface area (TPSA) is 52.3 Å². The van der Waals surface area contributed by atoms with Crippen LogP contribution < -0.4 is 5.73 Å². The van der Waals surface area contributed by atoms with E-state index in [1.54, 1.807) is 0 Å². The Morgan fingerprint density at radius 1 is 1.50 bits per heavy atom. The van der Waals surface area contributed by atoms with E-state index in [4.69, 9.17) is 10.5 Å². The molecule has 10 heavy (non-hydrogen) atoms. The highest BCUT2D eigenvalue weighted by Crippen LogP contribution is 2.18. The molecule has 57 valence electrons. The molecule has 1 aliphatic carbocycles. The minimum absolute atomic E-state index is 0.0718. The van der Waals surface area contributed by atoms with E-state index in [-0.39, 0.29) is 6.10 Å². The van der Waals surface area contributed by atoms with Crippen LogP contribution in [0.25, 0.3) is 0 Å². The Labute approximate surface area is 60.5 Å². The normalized spacial score (nSPS) is 20.4. The van der Waals surface area contributed by atoms with Gasteiger partial charge in [0.05, 0.1) is 0 Å². The van der Waals surface area contributed by atoms with Crippen LogP contribution >= 0.6 is 0 Å². The van der Waals surface area contributed by atoms with Gasteiger partial charge in [-0.05, 0) is 32.1 Å². The SMILES string of the molecule is NC(=O)OC1CC[CH]CC1. The molecule has 1 saturated carbocycles. The van der Waals surface area contributed by atoms with Crippen LogP contribution in [0.5, 0.6) is 0 Å². The van der Waals surface area contributed by atoms with Crippen LogP contribution in [0.2, 0.25) is 0 Å². The van der Waals surface area contributed by atoms with Gasteiger partial charge < -0.3 is 10.5 Å². The molecule has 2 N–H and O–H groups in total. The van der Waals surface area contributed by atoms with Crippen molar-refractivity contribution in [3.8, 4) is 0 Å². The number of hydrogen-bond acceptors (Lipinski definition) is 2. The second kappa shape index (κ2) is 3.44. The first-order chi connectivity index (χ1) is 4.79. The van der Waals surface area contributed by atoms with Gasteiger partial charge in [0, 0.05) is 0 Å². The highest BCUT2D eigenvalue weighted by atomic mass is 16.6. The Morgan fingerprint density at radius 3 is 2.60 bits per heavy atom. The van der Waals surface area contributed by atoms with E-state index in [9.17, 15) is 4.79 Å². The molecular formula is C7H12NO2. The fourth-order valence-corrected chi connectivity index (χ4v) is 1.18. The number of hydrogen-bond donors (Lipinski definition) is 1. The summed E-state index contributed by atoms with van der Waals surface area (Å²) in [6.45, 7) is 0. The molecule has 0 atom stereocenters. The van der Waals surface area contributed by atoms with Gasteiger partial charge in [-0.25, -0.2) is 4.79 Å². The van der Waals surface area contributed by atoms with Gasteiger partial charge in [0.1, 0.15) is 6.10 Å². The van der Waals surface area contributed by atoms with E-state index in [0.29, 0.717) is 0 Å². The summed E-state index contributed by atoms with van der Waals surface area (Å²) >= 11 is 0. The van der Waals surface area contributed by atoms with E-state index in [0.717, 1.165) is 25.7 Å². The van der Waals surface area contributed by atoms with E-state index in [2.05, 4.69) is 6.42 Å². The van der Waals surface area contributed by atoms with Crippen LogP contribution in [0, 0.1) is 6.42 Å². The molecule has 1 rings (SSSR count). The Hall–Kier alpha value is -0.730. The quantitative estimate of drug-likeness (QED) is 0.598. The zero-order valence-electron chi connectivity index (χ0n) is 5.88. The maximum atomic E-state index is 10.3. The second-order valence-electron chi connectivity index (χ2n) is 2.50. The predicted octanol–water partition coefficient (Wildman–Crippen LogP) is 1.23. The molecule has 1 amide bonds. The Morgan fingerprint density at radius 2 is 2.10 bits per heavy atom. The smallest absolute Gasteiger partial charge is 0.404 e. The van der Waals surface area contributed by atoms with Gasteiger partial charge >= 0.3 is 6.09 Å². The maximum absolute atomic E-state index is 10.3. The molecule has 0 aromatic rings. The first-order valence-electron chi connectivity index (χ1n) is 3.57. The number of carbonyl (C=O) groups is 1. The lowest BCUT2D eigenvalue weighted by molar-refractivity contribution is 0.0894. The molecule has 0 spiro atoms. The minimum atomic E-state index is -0.646. The number of rotatable bonds is 1. The summed E-state index contributed by atoms with van der Waals surface area (Å²) in [5, 5.41) is 0. The fourth-order valence-electron chi connectivity index (χ4n) is 1.18. The van der Waals surface area contributed by atoms with Crippen molar-refractivity contribution in [3.63, 3.8) is 0 Å². The standard InChI is InChI=1S/C7H12NO2/c8-7(9)10-6-4-2-1-3-5-6/h1,6H,2-5H2,(H2,8,9). The molecule has 0 heterocycles. The molecule has 0 saturated heterocycles. The average Bonchev–Trinajstić information content (AvgIpc) is 1.88. The summed E-state index contributed by atoms with van der Waals surface area (Å²) in [4.78, 5) is 10.3. The van der Waals surface area contributed by atoms with E-state index >= 15 is 0 Å². The number of ether oxygens (including phenoxy) is 1. The summed E-state index contributed by atoms with van der Waals surface area (Å²) in [6, 6.07) is 0. The van der Waals surface area contributed by atoms with Crippen LogP contribution in [0.15, 0.2) is 0 Å². The Balaban J connectivity index is 2.19. The summed E-state index contributed by atoms with van der Waals surface area (Å²) in [7, 11) is 0. The van der Waals surface area contributed by atoms with Crippen molar-refractivity contribution in [2.24, 2.45) is 5.73 Å². The van der Waals surface area contributed by atoms with Crippen molar-refractivity contribution in [2.45, 2.75) is 31.8 Å². The van der Waals surface area contributed by atoms with E-state index in [1.807, 2.05) is 0 Å². The lowest BCUT2D eigenvalue weighted by atomic mass is 9.98. The molecule has 0 aromatic heterocycles. The van der Waals surface area contributed by atoms with E-state index in [1.165, 1.54) is 0 Å². The van der Waals surface area contributed by atoms with Crippen molar-refractivity contribution < 1.29 is 9.53 Å². The summed E-state index contributed by atoms with van der Waals surface area (Å²) < 4.78 is 4.81. The van der Waals surface area contributed by atoms with Gasteiger partial charge in [0.2, 0.25) is 0 Å². The number of primary amides is 1. The zero-order chi connectivity index (χ0) is 7.40. The van der Waals surface area contributed by atoms with Crippen molar-refractivity contribution in [1.29, 1.82) is 0 Å². The second-order valence-corrected chi connectivity index (χ2v) is 2.50. The molecule has 0 unspecified atom stereocenters. The first-order valence-corrected chi connectivity index (χ1v) is 3.57. The molecule has 1 aliphatic rings. The molecule has 0 bridgehead atoms. The van der Waals surface area contributed by atoms with Crippen molar-refractivity contribution in [2.75, 3.05) is 0 Å². The fraction of sp³-hybridized carbons (Fsp3) is 0.714. The first kappa shape index (κ1) is 7.38. The molecule has 1 radical (unpaired) electrons. The average molecular weight is 142 g/mol. The predicted molar refractivity (Wildman–Crippen MR) is 37.2 cm³/mol.